The van der Waals surface area contributed by atoms with E-state index >= 15 is 0 Å². The lowest BCUT2D eigenvalue weighted by molar-refractivity contribution is -0.144. The van der Waals surface area contributed by atoms with Gasteiger partial charge in [0.1, 0.15) is 0 Å². The van der Waals surface area contributed by atoms with E-state index in [0.29, 0.717) is 0 Å². The lowest BCUT2D eigenvalue weighted by atomic mass is 10.1. The highest BCUT2D eigenvalue weighted by molar-refractivity contribution is 6.35. The molecule has 0 N–H and O–H groups in total. The third kappa shape index (κ3) is 5.42. The van der Waals surface area contributed by atoms with Crippen LogP contribution in [0.15, 0.2) is 12.2 Å². The third-order valence-electron chi connectivity index (χ3n) is 1.49. The lowest BCUT2D eigenvalue weighted by Crippen LogP contribution is -2.29. The van der Waals surface area contributed by atoms with Crippen molar-refractivity contribution in [1.82, 2.24) is 0 Å². The summed E-state index contributed by atoms with van der Waals surface area (Å²) < 4.78 is 9.37. The number of rotatable bonds is 5. The number of carbonyl (C=O) groups excluding carboxylic acids is 2. The van der Waals surface area contributed by atoms with Crippen molar-refractivity contribution in [2.24, 2.45) is 0 Å². The summed E-state index contributed by atoms with van der Waals surface area (Å²) in [4.78, 5) is 20.9. The Hall–Kier alpha value is -1.03. The number of esters is 2. The molecule has 0 aromatic heterocycles. The largest absolute Gasteiger partial charge is 0.464 e. The summed E-state index contributed by atoms with van der Waals surface area (Å²) in [5.74, 6) is -1.12. The molecule has 0 saturated carbocycles. The Labute approximate surface area is 94.2 Å². The van der Waals surface area contributed by atoms with E-state index in [4.69, 9.17) is 16.3 Å². The molecule has 4 nitrogen and oxygen atoms in total. The van der Waals surface area contributed by atoms with Crippen molar-refractivity contribution < 1.29 is 19.1 Å². The summed E-state index contributed by atoms with van der Waals surface area (Å²) in [6, 6.07) is 0. The molecule has 15 heavy (non-hydrogen) atoms. The predicted octanol–water partition coefficient (Wildman–Crippen LogP) is 1.67. The zero-order valence-corrected chi connectivity index (χ0v) is 9.84. The zero-order chi connectivity index (χ0) is 11.9. The second kappa shape index (κ2) is 6.45. The van der Waals surface area contributed by atoms with Crippen LogP contribution in [0.2, 0.25) is 0 Å². The minimum Gasteiger partial charge on any atom is -0.464 e. The lowest BCUT2D eigenvalue weighted by Gasteiger charge is -2.14. The molecular formula is C10H15ClO4. The molecule has 0 aliphatic heterocycles. The van der Waals surface area contributed by atoms with Crippen molar-refractivity contribution in [3.05, 3.63) is 12.2 Å². The van der Waals surface area contributed by atoms with Crippen LogP contribution in [0.3, 0.4) is 0 Å². The third-order valence-corrected chi connectivity index (χ3v) is 1.77. The van der Waals surface area contributed by atoms with E-state index in [1.165, 1.54) is 13.0 Å². The van der Waals surface area contributed by atoms with Crippen LogP contribution in [0.4, 0.5) is 0 Å². The summed E-state index contributed by atoms with van der Waals surface area (Å²) in [6.45, 7) is 5.34. The van der Waals surface area contributed by atoms with Gasteiger partial charge in [0.25, 0.3) is 0 Å². The van der Waals surface area contributed by atoms with Crippen LogP contribution in [0.1, 0.15) is 20.8 Å². The van der Waals surface area contributed by atoms with Gasteiger partial charge in [-0.15, -0.1) is 11.6 Å². The Balaban J connectivity index is 4.35. The normalized spacial score (nSPS) is 14.7. The van der Waals surface area contributed by atoms with Gasteiger partial charge in [-0.3, -0.25) is 0 Å². The van der Waals surface area contributed by atoms with Gasteiger partial charge in [0.2, 0.25) is 0 Å². The molecule has 0 saturated heterocycles. The molecule has 1 unspecified atom stereocenters. The van der Waals surface area contributed by atoms with Crippen LogP contribution < -0.4 is 0 Å². The van der Waals surface area contributed by atoms with Gasteiger partial charge in [0, 0.05) is 6.08 Å². The Kier molecular flexibility index (Phi) is 6.01. The van der Waals surface area contributed by atoms with Crippen molar-refractivity contribution in [3.63, 3.8) is 0 Å². The first-order valence-corrected chi connectivity index (χ1v) is 5.04. The fourth-order valence-corrected chi connectivity index (χ4v) is 0.873. The number of hydrogen-bond donors (Lipinski definition) is 0. The summed E-state index contributed by atoms with van der Waals surface area (Å²) in [7, 11) is 0. The Morgan fingerprint density at radius 3 is 2.27 bits per heavy atom. The smallest absolute Gasteiger partial charge is 0.330 e. The van der Waals surface area contributed by atoms with Gasteiger partial charge in [0.15, 0.2) is 4.87 Å². The number of alkyl halides is 1. The predicted molar refractivity (Wildman–Crippen MR) is 56.7 cm³/mol. The number of carbonyl (C=O) groups is 2. The molecule has 86 valence electrons. The van der Waals surface area contributed by atoms with Crippen LogP contribution in [0, 0.1) is 0 Å². The van der Waals surface area contributed by atoms with E-state index in [2.05, 4.69) is 4.74 Å². The molecule has 0 aromatic carbocycles. The molecule has 0 aromatic rings. The molecule has 1 atom stereocenters. The molecule has 0 amide bonds. The van der Waals surface area contributed by atoms with Gasteiger partial charge in [-0.25, -0.2) is 9.59 Å². The first-order valence-electron chi connectivity index (χ1n) is 4.66. The Bertz CT molecular complexity index is 258. The zero-order valence-electron chi connectivity index (χ0n) is 9.08. The summed E-state index contributed by atoms with van der Waals surface area (Å²) >= 11 is 5.84. The molecule has 0 radical (unpaired) electrons. The SMILES string of the molecule is CCOC(=O)C=CC(C)(Cl)C(=O)OCC. The number of halogens is 1. The average molecular weight is 235 g/mol. The van der Waals surface area contributed by atoms with Crippen LogP contribution in [-0.4, -0.2) is 30.0 Å². The quantitative estimate of drug-likeness (QED) is 0.413. The molecule has 5 heteroatoms. The van der Waals surface area contributed by atoms with Crippen molar-refractivity contribution in [1.29, 1.82) is 0 Å². The van der Waals surface area contributed by atoms with Crippen molar-refractivity contribution in [2.45, 2.75) is 25.6 Å². The highest BCUT2D eigenvalue weighted by Gasteiger charge is 2.29. The highest BCUT2D eigenvalue weighted by atomic mass is 35.5. The molecule has 0 fully saturated rings. The van der Waals surface area contributed by atoms with Crippen LogP contribution in [0.5, 0.6) is 0 Å². The maximum Gasteiger partial charge on any atom is 0.330 e. The van der Waals surface area contributed by atoms with E-state index in [9.17, 15) is 9.59 Å². The van der Waals surface area contributed by atoms with Gasteiger partial charge in [-0.1, -0.05) is 0 Å². The van der Waals surface area contributed by atoms with Gasteiger partial charge in [0.05, 0.1) is 13.2 Å². The van der Waals surface area contributed by atoms with Crippen LogP contribution in [0.25, 0.3) is 0 Å². The maximum atomic E-state index is 11.3. The molecule has 0 aliphatic rings. The van der Waals surface area contributed by atoms with Crippen molar-refractivity contribution in [2.75, 3.05) is 13.2 Å². The van der Waals surface area contributed by atoms with E-state index in [0.717, 1.165) is 6.08 Å². The molecule has 0 heterocycles. The molecule has 0 bridgehead atoms. The fraction of sp³-hybridized carbons (Fsp3) is 0.600. The molecule has 0 spiro atoms. The van der Waals surface area contributed by atoms with Gasteiger partial charge in [-0.05, 0) is 26.8 Å². The minimum atomic E-state index is -1.33. The van der Waals surface area contributed by atoms with Crippen molar-refractivity contribution >= 4 is 23.5 Å². The first-order chi connectivity index (χ1) is 6.94. The van der Waals surface area contributed by atoms with Crippen LogP contribution >= 0.6 is 11.6 Å². The van der Waals surface area contributed by atoms with E-state index in [-0.39, 0.29) is 13.2 Å². The standard InChI is InChI=1S/C10H15ClO4/c1-4-14-8(12)6-7-10(3,11)9(13)15-5-2/h6-7H,4-5H2,1-3H3. The topological polar surface area (TPSA) is 52.6 Å². The summed E-state index contributed by atoms with van der Waals surface area (Å²) in [5, 5.41) is 0. The average Bonchev–Trinajstić information content (AvgIpc) is 2.16. The first kappa shape index (κ1) is 14.0. The van der Waals surface area contributed by atoms with Gasteiger partial charge < -0.3 is 9.47 Å². The fourth-order valence-electron chi connectivity index (χ4n) is 0.755. The molecule has 0 aliphatic carbocycles. The second-order valence-electron chi connectivity index (χ2n) is 2.88. The maximum absolute atomic E-state index is 11.3. The van der Waals surface area contributed by atoms with Crippen LogP contribution in [-0.2, 0) is 19.1 Å². The second-order valence-corrected chi connectivity index (χ2v) is 3.67. The van der Waals surface area contributed by atoms with Crippen molar-refractivity contribution in [3.8, 4) is 0 Å². The summed E-state index contributed by atoms with van der Waals surface area (Å²) in [6.07, 6.45) is 2.37. The van der Waals surface area contributed by atoms with Gasteiger partial charge >= 0.3 is 11.9 Å². The molecular weight excluding hydrogens is 220 g/mol. The van der Waals surface area contributed by atoms with E-state index < -0.39 is 16.8 Å². The number of hydrogen-bond acceptors (Lipinski definition) is 4. The Morgan fingerprint density at radius 1 is 1.27 bits per heavy atom. The van der Waals surface area contributed by atoms with Gasteiger partial charge in [-0.2, -0.15) is 0 Å². The molecule has 0 rings (SSSR count). The number of ether oxygens (including phenoxy) is 2. The van der Waals surface area contributed by atoms with E-state index in [1.54, 1.807) is 13.8 Å². The highest BCUT2D eigenvalue weighted by Crippen LogP contribution is 2.18. The van der Waals surface area contributed by atoms with E-state index in [1.807, 2.05) is 0 Å². The Morgan fingerprint density at radius 2 is 1.80 bits per heavy atom. The monoisotopic (exact) mass is 234 g/mol. The minimum absolute atomic E-state index is 0.244. The summed E-state index contributed by atoms with van der Waals surface area (Å²) in [5.41, 5.74) is 0.